The SMILES string of the molecule is CCC(c1c(C)cc(-c2ccnn2C)cc1C)c1nc(C)nc2nc[nH]c12. The molecule has 3 heterocycles. The molecule has 1 unspecified atom stereocenters. The first-order chi connectivity index (χ1) is 13.0. The Bertz CT molecular complexity index is 1100. The van der Waals surface area contributed by atoms with Gasteiger partial charge in [0.1, 0.15) is 11.3 Å². The van der Waals surface area contributed by atoms with E-state index in [1.54, 1.807) is 6.33 Å². The van der Waals surface area contributed by atoms with Gasteiger partial charge in [-0.05, 0) is 62.1 Å². The first kappa shape index (κ1) is 17.4. The maximum Gasteiger partial charge on any atom is 0.181 e. The van der Waals surface area contributed by atoms with Crippen molar-refractivity contribution < 1.29 is 0 Å². The molecule has 0 bridgehead atoms. The molecule has 27 heavy (non-hydrogen) atoms. The third-order valence-electron chi connectivity index (χ3n) is 5.22. The third kappa shape index (κ3) is 2.91. The summed E-state index contributed by atoms with van der Waals surface area (Å²) in [5.74, 6) is 0.945. The Balaban J connectivity index is 1.88. The highest BCUT2D eigenvalue weighted by Gasteiger charge is 2.23. The summed E-state index contributed by atoms with van der Waals surface area (Å²) >= 11 is 0. The Labute approximate surface area is 158 Å². The minimum absolute atomic E-state index is 0.190. The predicted octanol–water partition coefficient (Wildman–Crippen LogP) is 4.22. The van der Waals surface area contributed by atoms with E-state index in [0.29, 0.717) is 0 Å². The fourth-order valence-corrected chi connectivity index (χ4v) is 4.08. The van der Waals surface area contributed by atoms with Crippen molar-refractivity contribution >= 4 is 11.2 Å². The van der Waals surface area contributed by atoms with E-state index in [9.17, 15) is 0 Å². The summed E-state index contributed by atoms with van der Waals surface area (Å²) in [4.78, 5) is 16.8. The molecule has 4 rings (SSSR count). The summed E-state index contributed by atoms with van der Waals surface area (Å²) in [6, 6.07) is 6.55. The van der Waals surface area contributed by atoms with Gasteiger partial charge in [-0.2, -0.15) is 5.10 Å². The number of hydrogen-bond donors (Lipinski definition) is 1. The van der Waals surface area contributed by atoms with Crippen molar-refractivity contribution in [1.82, 2.24) is 29.7 Å². The van der Waals surface area contributed by atoms with E-state index in [0.717, 1.165) is 34.8 Å². The fraction of sp³-hybridized carbons (Fsp3) is 0.333. The van der Waals surface area contributed by atoms with E-state index < -0.39 is 0 Å². The largest absolute Gasteiger partial charge is 0.342 e. The van der Waals surface area contributed by atoms with Crippen molar-refractivity contribution in [2.24, 2.45) is 7.05 Å². The zero-order valence-electron chi connectivity index (χ0n) is 16.4. The number of rotatable bonds is 4. The number of nitrogens with one attached hydrogen (secondary N) is 1. The Morgan fingerprint density at radius 1 is 1.11 bits per heavy atom. The van der Waals surface area contributed by atoms with Crippen molar-refractivity contribution in [3.63, 3.8) is 0 Å². The molecule has 0 saturated heterocycles. The van der Waals surface area contributed by atoms with Gasteiger partial charge < -0.3 is 4.98 Å². The molecule has 6 nitrogen and oxygen atoms in total. The van der Waals surface area contributed by atoms with Gasteiger partial charge in [-0.25, -0.2) is 15.0 Å². The van der Waals surface area contributed by atoms with E-state index >= 15 is 0 Å². The number of aryl methyl sites for hydroxylation is 4. The molecular weight excluding hydrogens is 336 g/mol. The Morgan fingerprint density at radius 2 is 1.85 bits per heavy atom. The molecule has 0 amide bonds. The molecule has 0 aliphatic rings. The molecule has 1 aromatic carbocycles. The molecule has 0 aliphatic heterocycles. The second-order valence-electron chi connectivity index (χ2n) is 7.08. The number of imidazole rings is 1. The lowest BCUT2D eigenvalue weighted by molar-refractivity contribution is 0.736. The van der Waals surface area contributed by atoms with Crippen LogP contribution < -0.4 is 0 Å². The zero-order chi connectivity index (χ0) is 19.1. The normalized spacial score (nSPS) is 12.6. The van der Waals surface area contributed by atoms with Crippen LogP contribution in [0.2, 0.25) is 0 Å². The minimum atomic E-state index is 0.190. The van der Waals surface area contributed by atoms with Gasteiger partial charge >= 0.3 is 0 Å². The second-order valence-corrected chi connectivity index (χ2v) is 7.08. The number of hydrogen-bond acceptors (Lipinski definition) is 4. The van der Waals surface area contributed by atoms with Gasteiger partial charge in [-0.1, -0.05) is 6.92 Å². The molecule has 4 aromatic rings. The number of benzene rings is 1. The summed E-state index contributed by atoms with van der Waals surface area (Å²) in [5.41, 5.74) is 8.86. The molecule has 3 aromatic heterocycles. The molecule has 0 radical (unpaired) electrons. The highest BCUT2D eigenvalue weighted by Crippen LogP contribution is 2.36. The van der Waals surface area contributed by atoms with Gasteiger partial charge in [0.25, 0.3) is 0 Å². The molecule has 138 valence electrons. The first-order valence-electron chi connectivity index (χ1n) is 9.26. The van der Waals surface area contributed by atoms with Crippen LogP contribution in [-0.2, 0) is 7.05 Å². The minimum Gasteiger partial charge on any atom is -0.342 e. The highest BCUT2D eigenvalue weighted by atomic mass is 15.3. The van der Waals surface area contributed by atoms with Crippen LogP contribution in [0, 0.1) is 20.8 Å². The summed E-state index contributed by atoms with van der Waals surface area (Å²) in [6.07, 6.45) is 4.49. The number of nitrogens with zero attached hydrogens (tertiary/aromatic N) is 5. The van der Waals surface area contributed by atoms with E-state index in [4.69, 9.17) is 4.98 Å². The van der Waals surface area contributed by atoms with Crippen molar-refractivity contribution in [3.8, 4) is 11.3 Å². The molecule has 0 spiro atoms. The lowest BCUT2D eigenvalue weighted by Gasteiger charge is -2.22. The van der Waals surface area contributed by atoms with E-state index in [-0.39, 0.29) is 5.92 Å². The van der Waals surface area contributed by atoms with Crippen LogP contribution in [-0.4, -0.2) is 29.7 Å². The van der Waals surface area contributed by atoms with Crippen LogP contribution >= 0.6 is 0 Å². The summed E-state index contributed by atoms with van der Waals surface area (Å²) in [5, 5.41) is 4.30. The van der Waals surface area contributed by atoms with Gasteiger partial charge in [-0.3, -0.25) is 4.68 Å². The van der Waals surface area contributed by atoms with Crippen LogP contribution in [0.1, 0.15) is 47.5 Å². The molecule has 0 fully saturated rings. The monoisotopic (exact) mass is 360 g/mol. The van der Waals surface area contributed by atoms with Gasteiger partial charge in [0.2, 0.25) is 0 Å². The van der Waals surface area contributed by atoms with Gasteiger partial charge in [-0.15, -0.1) is 0 Å². The van der Waals surface area contributed by atoms with Crippen molar-refractivity contribution in [3.05, 3.63) is 58.9 Å². The van der Waals surface area contributed by atoms with Crippen molar-refractivity contribution in [2.75, 3.05) is 0 Å². The van der Waals surface area contributed by atoms with Gasteiger partial charge in [0, 0.05) is 24.7 Å². The number of aromatic nitrogens is 6. The smallest absolute Gasteiger partial charge is 0.181 e. The zero-order valence-corrected chi connectivity index (χ0v) is 16.4. The lowest BCUT2D eigenvalue weighted by Crippen LogP contribution is -2.10. The van der Waals surface area contributed by atoms with Crippen LogP contribution in [0.3, 0.4) is 0 Å². The van der Waals surface area contributed by atoms with Gasteiger partial charge in [0.05, 0.1) is 17.7 Å². The average Bonchev–Trinajstić information content (AvgIpc) is 3.25. The van der Waals surface area contributed by atoms with Crippen LogP contribution in [0.5, 0.6) is 0 Å². The Morgan fingerprint density at radius 3 is 2.48 bits per heavy atom. The fourth-order valence-electron chi connectivity index (χ4n) is 4.08. The highest BCUT2D eigenvalue weighted by molar-refractivity contribution is 5.74. The van der Waals surface area contributed by atoms with Crippen LogP contribution in [0.25, 0.3) is 22.4 Å². The number of fused-ring (bicyclic) bond motifs is 1. The average molecular weight is 360 g/mol. The number of aromatic amines is 1. The molecule has 0 saturated carbocycles. The third-order valence-corrected chi connectivity index (χ3v) is 5.22. The summed E-state index contributed by atoms with van der Waals surface area (Å²) in [7, 11) is 1.97. The van der Waals surface area contributed by atoms with E-state index in [2.05, 4.69) is 53.0 Å². The van der Waals surface area contributed by atoms with Gasteiger partial charge in [0.15, 0.2) is 5.65 Å². The number of H-pyrrole nitrogens is 1. The van der Waals surface area contributed by atoms with Crippen LogP contribution in [0.4, 0.5) is 0 Å². The van der Waals surface area contributed by atoms with Crippen LogP contribution in [0.15, 0.2) is 30.7 Å². The summed E-state index contributed by atoms with van der Waals surface area (Å²) < 4.78 is 1.91. The molecule has 1 N–H and O–H groups in total. The quantitative estimate of drug-likeness (QED) is 0.591. The molecular formula is C21H24N6. The summed E-state index contributed by atoms with van der Waals surface area (Å²) in [6.45, 7) is 8.50. The lowest BCUT2D eigenvalue weighted by atomic mass is 9.84. The van der Waals surface area contributed by atoms with E-state index in [1.807, 2.05) is 30.9 Å². The topological polar surface area (TPSA) is 72.3 Å². The Hall–Kier alpha value is -3.02. The predicted molar refractivity (Wildman–Crippen MR) is 107 cm³/mol. The van der Waals surface area contributed by atoms with Crippen molar-refractivity contribution in [2.45, 2.75) is 40.0 Å². The Kier molecular flexibility index (Phi) is 4.26. The standard InChI is InChI=1S/C21H24N6/c1-6-16(19-20-21(23-11-22-20)26-14(4)25-19)18-12(2)9-15(10-13(18)3)17-7-8-24-27(17)5/h7-11,16H,6H2,1-5H3,(H,22,23,25,26). The van der Waals surface area contributed by atoms with E-state index in [1.165, 1.54) is 22.3 Å². The maximum absolute atomic E-state index is 4.79. The maximum atomic E-state index is 4.79. The first-order valence-corrected chi connectivity index (χ1v) is 9.26. The molecule has 6 heteroatoms. The second kappa shape index (κ2) is 6.61. The molecule has 0 aliphatic carbocycles. The molecule has 1 atom stereocenters. The van der Waals surface area contributed by atoms with Crippen molar-refractivity contribution in [1.29, 1.82) is 0 Å².